The van der Waals surface area contributed by atoms with E-state index in [1.165, 1.54) is 31.2 Å². The minimum Gasteiger partial charge on any atom is -0.370 e. The predicted octanol–water partition coefficient (Wildman–Crippen LogP) is 2.66. The Kier molecular flexibility index (Phi) is 2.70. The zero-order valence-corrected chi connectivity index (χ0v) is 9.61. The predicted molar refractivity (Wildman–Crippen MR) is 64.3 cm³/mol. The van der Waals surface area contributed by atoms with Crippen LogP contribution < -0.4 is 5.32 Å². The van der Waals surface area contributed by atoms with Crippen LogP contribution in [0.2, 0.25) is 0 Å². The maximum Gasteiger partial charge on any atom is 0.0950 e. The molecule has 1 heterocycles. The monoisotopic (exact) mass is 217 g/mol. The number of rotatable bonds is 1. The lowest BCUT2D eigenvalue weighted by Gasteiger charge is -2.38. The van der Waals surface area contributed by atoms with Crippen LogP contribution in [0.4, 0.5) is 0 Å². The molecule has 1 aromatic carbocycles. The van der Waals surface area contributed by atoms with E-state index in [-0.39, 0.29) is 6.10 Å². The summed E-state index contributed by atoms with van der Waals surface area (Å²) in [5, 5.41) is 3.72. The summed E-state index contributed by atoms with van der Waals surface area (Å²) >= 11 is 0. The minimum absolute atomic E-state index is 0.243. The van der Waals surface area contributed by atoms with E-state index in [0.29, 0.717) is 5.54 Å². The van der Waals surface area contributed by atoms with E-state index in [9.17, 15) is 0 Å². The van der Waals surface area contributed by atoms with Gasteiger partial charge in [-0.25, -0.2) is 0 Å². The molecular formula is C14H19NO. The quantitative estimate of drug-likeness (QED) is 0.781. The van der Waals surface area contributed by atoms with Gasteiger partial charge in [-0.1, -0.05) is 43.2 Å². The number of morpholine rings is 1. The van der Waals surface area contributed by atoms with E-state index in [1.807, 2.05) is 0 Å². The van der Waals surface area contributed by atoms with Crippen LogP contribution in [0, 0.1) is 0 Å². The summed E-state index contributed by atoms with van der Waals surface area (Å²) in [6, 6.07) is 10.5. The van der Waals surface area contributed by atoms with Gasteiger partial charge in [0.1, 0.15) is 0 Å². The summed E-state index contributed by atoms with van der Waals surface area (Å²) < 4.78 is 6.04. The van der Waals surface area contributed by atoms with Crippen molar-refractivity contribution in [3.8, 4) is 0 Å². The Morgan fingerprint density at radius 2 is 1.88 bits per heavy atom. The molecule has 1 atom stereocenters. The summed E-state index contributed by atoms with van der Waals surface area (Å²) in [6.45, 7) is 1.84. The average molecular weight is 217 g/mol. The van der Waals surface area contributed by atoms with Crippen molar-refractivity contribution in [2.45, 2.75) is 37.3 Å². The average Bonchev–Trinajstić information content (AvgIpc) is 2.80. The number of benzene rings is 1. The minimum atomic E-state index is 0.243. The van der Waals surface area contributed by atoms with Gasteiger partial charge in [-0.05, 0) is 18.4 Å². The van der Waals surface area contributed by atoms with E-state index < -0.39 is 0 Å². The van der Waals surface area contributed by atoms with Gasteiger partial charge in [0.05, 0.1) is 12.7 Å². The summed E-state index contributed by atoms with van der Waals surface area (Å²) in [7, 11) is 0. The van der Waals surface area contributed by atoms with Crippen LogP contribution in [0.3, 0.4) is 0 Å². The van der Waals surface area contributed by atoms with Crippen LogP contribution in [0.25, 0.3) is 0 Å². The second-order valence-corrected chi connectivity index (χ2v) is 5.08. The van der Waals surface area contributed by atoms with E-state index in [4.69, 9.17) is 4.74 Å². The first-order chi connectivity index (χ1) is 7.88. The number of hydrogen-bond donors (Lipinski definition) is 1. The van der Waals surface area contributed by atoms with Crippen molar-refractivity contribution in [3.05, 3.63) is 35.9 Å². The van der Waals surface area contributed by atoms with Crippen molar-refractivity contribution < 1.29 is 4.74 Å². The first kappa shape index (κ1) is 10.3. The van der Waals surface area contributed by atoms with Crippen LogP contribution in [0.15, 0.2) is 30.3 Å². The Morgan fingerprint density at radius 3 is 2.50 bits per heavy atom. The van der Waals surface area contributed by atoms with Crippen LogP contribution in [0.1, 0.15) is 37.4 Å². The van der Waals surface area contributed by atoms with Crippen molar-refractivity contribution in [2.24, 2.45) is 0 Å². The largest absolute Gasteiger partial charge is 0.370 e. The molecule has 2 fully saturated rings. The standard InChI is InChI=1S/C14H19NO/c1-2-6-12(7-3-1)13-10-15-14(11-16-13)8-4-5-9-14/h1-3,6-7,13,15H,4-5,8-11H2. The van der Waals surface area contributed by atoms with Gasteiger partial charge in [0, 0.05) is 12.1 Å². The zero-order valence-electron chi connectivity index (χ0n) is 9.61. The van der Waals surface area contributed by atoms with Crippen molar-refractivity contribution in [1.82, 2.24) is 5.32 Å². The van der Waals surface area contributed by atoms with Gasteiger partial charge in [0.15, 0.2) is 0 Å². The third-order valence-corrected chi connectivity index (χ3v) is 3.96. The van der Waals surface area contributed by atoms with Crippen molar-refractivity contribution in [2.75, 3.05) is 13.2 Å². The smallest absolute Gasteiger partial charge is 0.0950 e. The summed E-state index contributed by atoms with van der Waals surface area (Å²) in [5.41, 5.74) is 1.61. The molecule has 1 unspecified atom stereocenters. The Labute approximate surface area is 97.0 Å². The molecule has 0 radical (unpaired) electrons. The van der Waals surface area contributed by atoms with Crippen molar-refractivity contribution >= 4 is 0 Å². The Morgan fingerprint density at radius 1 is 1.12 bits per heavy atom. The highest BCUT2D eigenvalue weighted by molar-refractivity contribution is 5.19. The van der Waals surface area contributed by atoms with E-state index in [1.54, 1.807) is 0 Å². The highest BCUT2D eigenvalue weighted by atomic mass is 16.5. The van der Waals surface area contributed by atoms with E-state index in [2.05, 4.69) is 35.6 Å². The molecule has 1 saturated heterocycles. The van der Waals surface area contributed by atoms with Crippen molar-refractivity contribution in [3.63, 3.8) is 0 Å². The molecule has 1 saturated carbocycles. The molecule has 1 aliphatic heterocycles. The lowest BCUT2D eigenvalue weighted by molar-refractivity contribution is -0.0326. The highest BCUT2D eigenvalue weighted by Crippen LogP contribution is 2.34. The molecule has 0 aromatic heterocycles. The fraction of sp³-hybridized carbons (Fsp3) is 0.571. The van der Waals surface area contributed by atoms with Gasteiger partial charge in [-0.2, -0.15) is 0 Å². The molecule has 1 N–H and O–H groups in total. The molecule has 2 heteroatoms. The van der Waals surface area contributed by atoms with Crippen LogP contribution in [-0.4, -0.2) is 18.7 Å². The molecule has 3 rings (SSSR count). The molecule has 0 amide bonds. The maximum absolute atomic E-state index is 6.04. The van der Waals surface area contributed by atoms with Crippen LogP contribution in [-0.2, 0) is 4.74 Å². The molecule has 2 aliphatic rings. The Balaban J connectivity index is 1.66. The second-order valence-electron chi connectivity index (χ2n) is 5.08. The maximum atomic E-state index is 6.04. The topological polar surface area (TPSA) is 21.3 Å². The zero-order chi connectivity index (χ0) is 10.8. The third kappa shape index (κ3) is 1.87. The van der Waals surface area contributed by atoms with Gasteiger partial charge >= 0.3 is 0 Å². The van der Waals surface area contributed by atoms with E-state index >= 15 is 0 Å². The number of hydrogen-bond acceptors (Lipinski definition) is 2. The van der Waals surface area contributed by atoms with Gasteiger partial charge in [0.2, 0.25) is 0 Å². The lowest BCUT2D eigenvalue weighted by atomic mass is 9.95. The fourth-order valence-corrected chi connectivity index (χ4v) is 2.93. The van der Waals surface area contributed by atoms with Gasteiger partial charge in [-0.3, -0.25) is 0 Å². The van der Waals surface area contributed by atoms with Crippen LogP contribution in [0.5, 0.6) is 0 Å². The SMILES string of the molecule is c1ccc(C2CNC3(CCCC3)CO2)cc1. The Bertz CT molecular complexity index is 333. The lowest BCUT2D eigenvalue weighted by Crippen LogP contribution is -2.53. The first-order valence-electron chi connectivity index (χ1n) is 6.30. The molecule has 86 valence electrons. The van der Waals surface area contributed by atoms with Crippen molar-refractivity contribution in [1.29, 1.82) is 0 Å². The fourth-order valence-electron chi connectivity index (χ4n) is 2.93. The molecule has 16 heavy (non-hydrogen) atoms. The summed E-state index contributed by atoms with van der Waals surface area (Å²) in [4.78, 5) is 0. The summed E-state index contributed by atoms with van der Waals surface area (Å²) in [5.74, 6) is 0. The van der Waals surface area contributed by atoms with Gasteiger partial charge < -0.3 is 10.1 Å². The molecule has 1 aromatic rings. The molecule has 0 bridgehead atoms. The normalized spacial score (nSPS) is 28.4. The molecular weight excluding hydrogens is 198 g/mol. The van der Waals surface area contributed by atoms with E-state index in [0.717, 1.165) is 13.2 Å². The summed E-state index contributed by atoms with van der Waals surface area (Å²) in [6.07, 6.45) is 5.52. The number of ether oxygens (including phenoxy) is 1. The molecule has 1 spiro atoms. The Hall–Kier alpha value is -0.860. The first-order valence-corrected chi connectivity index (χ1v) is 6.30. The molecule has 1 aliphatic carbocycles. The number of nitrogens with one attached hydrogen (secondary N) is 1. The second kappa shape index (κ2) is 4.19. The van der Waals surface area contributed by atoms with Crippen LogP contribution >= 0.6 is 0 Å². The highest BCUT2D eigenvalue weighted by Gasteiger charge is 2.38. The van der Waals surface area contributed by atoms with Gasteiger partial charge in [-0.15, -0.1) is 0 Å². The molecule has 2 nitrogen and oxygen atoms in total. The third-order valence-electron chi connectivity index (χ3n) is 3.96. The van der Waals surface area contributed by atoms with Gasteiger partial charge in [0.25, 0.3) is 0 Å².